The molecule has 2 aliphatic rings. The number of aryl methyl sites for hydroxylation is 1. The van der Waals surface area contributed by atoms with Crippen LogP contribution in [0.15, 0.2) is 30.3 Å². The van der Waals surface area contributed by atoms with Crippen LogP contribution in [-0.4, -0.2) is 36.5 Å². The lowest BCUT2D eigenvalue weighted by molar-refractivity contribution is -0.161. The minimum absolute atomic E-state index is 0.0639. The van der Waals surface area contributed by atoms with E-state index in [0.29, 0.717) is 25.6 Å². The average Bonchev–Trinajstić information content (AvgIpc) is 3.24. The molecule has 0 unspecified atom stereocenters. The van der Waals surface area contributed by atoms with E-state index in [-0.39, 0.29) is 11.9 Å². The third kappa shape index (κ3) is 4.91. The number of benzene rings is 1. The summed E-state index contributed by atoms with van der Waals surface area (Å²) in [6.45, 7) is 3.68. The number of hydrogen-bond acceptors (Lipinski definition) is 3. The van der Waals surface area contributed by atoms with Crippen molar-refractivity contribution in [1.82, 2.24) is 4.90 Å². The zero-order valence-corrected chi connectivity index (χ0v) is 16.6. The molecular formula is C23H33NO3. The Labute approximate surface area is 163 Å². The largest absolute Gasteiger partial charge is 0.466 e. The third-order valence-corrected chi connectivity index (χ3v) is 6.41. The summed E-state index contributed by atoms with van der Waals surface area (Å²) in [6, 6.07) is 10.4. The van der Waals surface area contributed by atoms with Gasteiger partial charge in [0.15, 0.2) is 0 Å². The van der Waals surface area contributed by atoms with Gasteiger partial charge in [-0.25, -0.2) is 0 Å². The highest BCUT2D eigenvalue weighted by Crippen LogP contribution is 2.39. The third-order valence-electron chi connectivity index (χ3n) is 6.41. The summed E-state index contributed by atoms with van der Waals surface area (Å²) in [7, 11) is 0. The van der Waals surface area contributed by atoms with Crippen molar-refractivity contribution < 1.29 is 14.3 Å². The fourth-order valence-electron chi connectivity index (χ4n) is 4.70. The zero-order chi connectivity index (χ0) is 19.1. The maximum Gasteiger partial charge on any atom is 0.312 e. The average molecular weight is 372 g/mol. The van der Waals surface area contributed by atoms with Gasteiger partial charge in [-0.2, -0.15) is 0 Å². The SMILES string of the molecule is CCOC(=O)C1(CCCc2ccccc2)CCN(C(=O)C2CCCC2)CC1. The summed E-state index contributed by atoms with van der Waals surface area (Å²) in [5.41, 5.74) is 0.891. The number of hydrogen-bond donors (Lipinski definition) is 0. The van der Waals surface area contributed by atoms with Crippen molar-refractivity contribution in [3.05, 3.63) is 35.9 Å². The molecule has 0 radical (unpaired) electrons. The van der Waals surface area contributed by atoms with Gasteiger partial charge in [-0.15, -0.1) is 0 Å². The zero-order valence-electron chi connectivity index (χ0n) is 16.6. The molecule has 3 rings (SSSR count). The Kier molecular flexibility index (Phi) is 6.92. The second kappa shape index (κ2) is 9.38. The summed E-state index contributed by atoms with van der Waals surface area (Å²) in [5.74, 6) is 0.471. The van der Waals surface area contributed by atoms with Gasteiger partial charge in [0.25, 0.3) is 0 Å². The van der Waals surface area contributed by atoms with Crippen LogP contribution >= 0.6 is 0 Å². The molecule has 1 aromatic carbocycles. The first-order valence-electron chi connectivity index (χ1n) is 10.6. The number of likely N-dealkylation sites (tertiary alicyclic amines) is 1. The first-order chi connectivity index (χ1) is 13.1. The molecule has 4 nitrogen and oxygen atoms in total. The van der Waals surface area contributed by atoms with Gasteiger partial charge in [0, 0.05) is 19.0 Å². The lowest BCUT2D eigenvalue weighted by atomic mass is 9.74. The van der Waals surface area contributed by atoms with Crippen molar-refractivity contribution in [3.8, 4) is 0 Å². The lowest BCUT2D eigenvalue weighted by Crippen LogP contribution is -2.48. The standard InChI is InChI=1S/C23H33NO3/c1-2-27-22(26)23(14-8-11-19-9-4-3-5-10-19)15-17-24(18-16-23)21(25)20-12-6-7-13-20/h3-5,9-10,20H,2,6-8,11-18H2,1H3. The van der Waals surface area contributed by atoms with Gasteiger partial charge in [-0.1, -0.05) is 43.2 Å². The van der Waals surface area contributed by atoms with Gasteiger partial charge in [-0.05, 0) is 57.4 Å². The second-order valence-electron chi connectivity index (χ2n) is 8.15. The summed E-state index contributed by atoms with van der Waals surface area (Å²) < 4.78 is 5.44. The Hall–Kier alpha value is -1.84. The number of carbonyl (C=O) groups excluding carboxylic acids is 2. The van der Waals surface area contributed by atoms with Crippen LogP contribution in [-0.2, 0) is 20.7 Å². The Bertz CT molecular complexity index is 614. The molecule has 4 heteroatoms. The van der Waals surface area contributed by atoms with E-state index in [1.807, 2.05) is 17.9 Å². The number of nitrogens with zero attached hydrogens (tertiary/aromatic N) is 1. The van der Waals surface area contributed by atoms with E-state index < -0.39 is 5.41 Å². The van der Waals surface area contributed by atoms with Crippen LogP contribution in [0.1, 0.15) is 63.9 Å². The number of carbonyl (C=O) groups is 2. The fraction of sp³-hybridized carbons (Fsp3) is 0.652. The van der Waals surface area contributed by atoms with Gasteiger partial charge >= 0.3 is 5.97 Å². The van der Waals surface area contributed by atoms with E-state index in [4.69, 9.17) is 4.74 Å². The molecule has 1 saturated heterocycles. The van der Waals surface area contributed by atoms with Crippen molar-refractivity contribution in [1.29, 1.82) is 0 Å². The number of esters is 1. The Balaban J connectivity index is 1.58. The first kappa shape index (κ1) is 19.9. The normalized spacial score (nSPS) is 19.8. The molecule has 0 spiro atoms. The van der Waals surface area contributed by atoms with Gasteiger partial charge < -0.3 is 9.64 Å². The van der Waals surface area contributed by atoms with Crippen LogP contribution < -0.4 is 0 Å². The Morgan fingerprint density at radius 2 is 1.78 bits per heavy atom. The van der Waals surface area contributed by atoms with E-state index in [1.54, 1.807) is 0 Å². The molecule has 1 aliphatic carbocycles. The first-order valence-corrected chi connectivity index (χ1v) is 10.6. The molecule has 1 amide bonds. The molecule has 1 heterocycles. The highest BCUT2D eigenvalue weighted by molar-refractivity contribution is 5.80. The summed E-state index contributed by atoms with van der Waals surface area (Å²) in [4.78, 5) is 27.5. The maximum absolute atomic E-state index is 12.8. The smallest absolute Gasteiger partial charge is 0.312 e. The summed E-state index contributed by atoms with van der Waals surface area (Å²) in [5, 5.41) is 0. The van der Waals surface area contributed by atoms with E-state index in [9.17, 15) is 9.59 Å². The number of amides is 1. The topological polar surface area (TPSA) is 46.6 Å². The van der Waals surface area contributed by atoms with E-state index in [0.717, 1.165) is 44.9 Å². The second-order valence-corrected chi connectivity index (χ2v) is 8.15. The van der Waals surface area contributed by atoms with Crippen molar-refractivity contribution >= 4 is 11.9 Å². The summed E-state index contributed by atoms with van der Waals surface area (Å²) >= 11 is 0. The maximum atomic E-state index is 12.8. The molecular weight excluding hydrogens is 338 g/mol. The van der Waals surface area contributed by atoms with E-state index in [1.165, 1.54) is 18.4 Å². The van der Waals surface area contributed by atoms with Crippen molar-refractivity contribution in [2.24, 2.45) is 11.3 Å². The van der Waals surface area contributed by atoms with E-state index in [2.05, 4.69) is 24.3 Å². The lowest BCUT2D eigenvalue weighted by Gasteiger charge is -2.40. The predicted octanol–water partition coefficient (Wildman–Crippen LogP) is 4.37. The quantitative estimate of drug-likeness (QED) is 0.669. The molecule has 1 aliphatic heterocycles. The van der Waals surface area contributed by atoms with Crippen LogP contribution in [0, 0.1) is 11.3 Å². The molecule has 2 fully saturated rings. The molecule has 1 aromatic rings. The van der Waals surface area contributed by atoms with Crippen LogP contribution in [0.25, 0.3) is 0 Å². The molecule has 0 atom stereocenters. The highest BCUT2D eigenvalue weighted by Gasteiger charge is 2.43. The highest BCUT2D eigenvalue weighted by atomic mass is 16.5. The van der Waals surface area contributed by atoms with Crippen LogP contribution in [0.3, 0.4) is 0 Å². The Morgan fingerprint density at radius 1 is 1.11 bits per heavy atom. The van der Waals surface area contributed by atoms with Gasteiger partial charge in [0.1, 0.15) is 0 Å². The summed E-state index contributed by atoms with van der Waals surface area (Å²) in [6.07, 6.45) is 8.69. The van der Waals surface area contributed by atoms with Crippen LogP contribution in [0.5, 0.6) is 0 Å². The van der Waals surface area contributed by atoms with Crippen LogP contribution in [0.2, 0.25) is 0 Å². The van der Waals surface area contributed by atoms with Gasteiger partial charge in [-0.3, -0.25) is 9.59 Å². The predicted molar refractivity (Wildman–Crippen MR) is 106 cm³/mol. The molecule has 148 valence electrons. The molecule has 27 heavy (non-hydrogen) atoms. The fourth-order valence-corrected chi connectivity index (χ4v) is 4.70. The van der Waals surface area contributed by atoms with Crippen molar-refractivity contribution in [2.75, 3.05) is 19.7 Å². The van der Waals surface area contributed by atoms with Crippen molar-refractivity contribution in [2.45, 2.75) is 64.7 Å². The minimum atomic E-state index is -0.419. The van der Waals surface area contributed by atoms with Gasteiger partial charge in [0.2, 0.25) is 5.91 Å². The van der Waals surface area contributed by atoms with Gasteiger partial charge in [0.05, 0.1) is 12.0 Å². The van der Waals surface area contributed by atoms with E-state index >= 15 is 0 Å². The Morgan fingerprint density at radius 3 is 2.41 bits per heavy atom. The monoisotopic (exact) mass is 371 g/mol. The molecule has 1 saturated carbocycles. The number of rotatable bonds is 7. The number of piperidine rings is 1. The molecule has 0 aromatic heterocycles. The minimum Gasteiger partial charge on any atom is -0.466 e. The molecule has 0 N–H and O–H groups in total. The van der Waals surface area contributed by atoms with Crippen LogP contribution in [0.4, 0.5) is 0 Å². The molecule has 0 bridgehead atoms. The van der Waals surface area contributed by atoms with Crippen molar-refractivity contribution in [3.63, 3.8) is 0 Å². The number of ether oxygens (including phenoxy) is 1.